The van der Waals surface area contributed by atoms with Crippen molar-refractivity contribution in [1.82, 2.24) is 4.31 Å². The summed E-state index contributed by atoms with van der Waals surface area (Å²) in [6.45, 7) is -3.02. The fourth-order valence-corrected chi connectivity index (χ4v) is 3.03. The molecule has 0 radical (unpaired) electrons. The molecule has 27 heavy (non-hydrogen) atoms. The first-order valence-corrected chi connectivity index (χ1v) is 9.06. The minimum Gasteiger partial charge on any atom is -0.493 e. The first-order valence-electron chi connectivity index (χ1n) is 7.62. The number of nitrogens with one attached hydrogen (secondary N) is 1. The molecule has 0 bridgehead atoms. The number of methoxy groups -OCH3 is 1. The lowest BCUT2D eigenvalue weighted by Crippen LogP contribution is -2.22. The van der Waals surface area contributed by atoms with Gasteiger partial charge in [0.25, 0.3) is 5.91 Å². The quantitative estimate of drug-likeness (QED) is 0.773. The maximum atomic E-state index is 12.3. The van der Waals surface area contributed by atoms with Crippen LogP contribution in [0.25, 0.3) is 0 Å². The smallest absolute Gasteiger partial charge is 0.387 e. The molecule has 0 heterocycles. The molecule has 10 heteroatoms. The molecule has 0 aromatic heterocycles. The summed E-state index contributed by atoms with van der Waals surface area (Å²) in [6.07, 6.45) is 0. The van der Waals surface area contributed by atoms with Crippen molar-refractivity contribution in [3.8, 4) is 11.5 Å². The van der Waals surface area contributed by atoms with Crippen molar-refractivity contribution in [3.63, 3.8) is 0 Å². The predicted molar refractivity (Wildman–Crippen MR) is 94.9 cm³/mol. The van der Waals surface area contributed by atoms with Crippen molar-refractivity contribution in [2.75, 3.05) is 26.5 Å². The van der Waals surface area contributed by atoms with E-state index in [1.165, 1.54) is 63.7 Å². The molecular weight excluding hydrogens is 382 g/mol. The third-order valence-corrected chi connectivity index (χ3v) is 5.36. The van der Waals surface area contributed by atoms with Gasteiger partial charge in [-0.05, 0) is 42.5 Å². The van der Waals surface area contributed by atoms with Gasteiger partial charge in [-0.3, -0.25) is 4.79 Å². The predicted octanol–water partition coefficient (Wildman–Crippen LogP) is 2.80. The number of amides is 1. The summed E-state index contributed by atoms with van der Waals surface area (Å²) < 4.78 is 59.1. The molecule has 0 aliphatic heterocycles. The van der Waals surface area contributed by atoms with E-state index in [-0.39, 0.29) is 22.0 Å². The molecule has 0 saturated carbocycles. The van der Waals surface area contributed by atoms with Crippen molar-refractivity contribution in [2.24, 2.45) is 0 Å². The molecule has 146 valence electrons. The van der Waals surface area contributed by atoms with Crippen LogP contribution in [-0.4, -0.2) is 46.4 Å². The van der Waals surface area contributed by atoms with Crippen molar-refractivity contribution >= 4 is 21.6 Å². The molecular formula is C17H18F2N2O5S. The van der Waals surface area contributed by atoms with Gasteiger partial charge >= 0.3 is 6.61 Å². The Morgan fingerprint density at radius 3 is 2.22 bits per heavy atom. The van der Waals surface area contributed by atoms with Crippen LogP contribution in [0.4, 0.5) is 14.5 Å². The molecule has 0 aliphatic rings. The van der Waals surface area contributed by atoms with E-state index in [0.717, 1.165) is 4.31 Å². The number of hydrogen-bond donors (Lipinski definition) is 1. The second-order valence-electron chi connectivity index (χ2n) is 5.51. The number of ether oxygens (including phenoxy) is 2. The minimum atomic E-state index is -3.57. The average Bonchev–Trinajstić information content (AvgIpc) is 2.61. The maximum absolute atomic E-state index is 12.3. The second kappa shape index (κ2) is 8.31. The zero-order valence-corrected chi connectivity index (χ0v) is 15.6. The van der Waals surface area contributed by atoms with Gasteiger partial charge < -0.3 is 14.8 Å². The average molecular weight is 400 g/mol. The summed E-state index contributed by atoms with van der Waals surface area (Å²) in [6, 6.07) is 9.39. The summed E-state index contributed by atoms with van der Waals surface area (Å²) in [7, 11) is 0.527. The van der Waals surface area contributed by atoms with Crippen LogP contribution in [0.3, 0.4) is 0 Å². The van der Waals surface area contributed by atoms with Crippen molar-refractivity contribution in [2.45, 2.75) is 11.5 Å². The van der Waals surface area contributed by atoms with Crippen molar-refractivity contribution < 1.29 is 31.5 Å². The topological polar surface area (TPSA) is 84.9 Å². The second-order valence-corrected chi connectivity index (χ2v) is 7.66. The maximum Gasteiger partial charge on any atom is 0.387 e. The van der Waals surface area contributed by atoms with Gasteiger partial charge in [-0.15, -0.1) is 0 Å². The molecule has 0 spiro atoms. The summed E-state index contributed by atoms with van der Waals surface area (Å²) in [4.78, 5) is 12.4. The molecule has 7 nitrogen and oxygen atoms in total. The monoisotopic (exact) mass is 400 g/mol. The lowest BCUT2D eigenvalue weighted by Gasteiger charge is -2.13. The summed E-state index contributed by atoms with van der Waals surface area (Å²) in [5.41, 5.74) is 0.517. The van der Waals surface area contributed by atoms with Crippen LogP contribution in [0.15, 0.2) is 47.4 Å². The number of hydrogen-bond acceptors (Lipinski definition) is 5. The Kier molecular flexibility index (Phi) is 6.34. The standard InChI is InChI=1S/C17H18F2N2O5S/c1-21(2)27(23,24)13-7-5-12(6-8-13)20-16(22)11-4-9-14(26-17(18)19)15(10-11)25-3/h4-10,17H,1-3H3,(H,20,22). The number of carbonyl (C=O) groups is 1. The highest BCUT2D eigenvalue weighted by Gasteiger charge is 2.17. The number of benzene rings is 2. The molecule has 0 unspecified atom stereocenters. The van der Waals surface area contributed by atoms with E-state index in [1.54, 1.807) is 0 Å². The van der Waals surface area contributed by atoms with Crippen molar-refractivity contribution in [3.05, 3.63) is 48.0 Å². The molecule has 1 N–H and O–H groups in total. The number of alkyl halides is 2. The summed E-state index contributed by atoms with van der Waals surface area (Å²) >= 11 is 0. The van der Waals surface area contributed by atoms with E-state index in [0.29, 0.717) is 5.69 Å². The van der Waals surface area contributed by atoms with Gasteiger partial charge in [-0.1, -0.05) is 0 Å². The molecule has 2 aromatic rings. The van der Waals surface area contributed by atoms with E-state index in [1.807, 2.05) is 0 Å². The van der Waals surface area contributed by atoms with Crippen molar-refractivity contribution in [1.29, 1.82) is 0 Å². The molecule has 0 aliphatic carbocycles. The zero-order chi connectivity index (χ0) is 20.2. The lowest BCUT2D eigenvalue weighted by atomic mass is 10.2. The molecule has 0 atom stereocenters. The Hall–Kier alpha value is -2.72. The fraction of sp³-hybridized carbons (Fsp3) is 0.235. The van der Waals surface area contributed by atoms with Gasteiger partial charge in [0, 0.05) is 25.3 Å². The van der Waals surface area contributed by atoms with Crippen LogP contribution in [-0.2, 0) is 10.0 Å². The Morgan fingerprint density at radius 1 is 1.07 bits per heavy atom. The van der Waals surface area contributed by atoms with Gasteiger partial charge in [0.2, 0.25) is 10.0 Å². The number of carbonyl (C=O) groups excluding carboxylic acids is 1. The van der Waals surface area contributed by atoms with Gasteiger partial charge in [0.05, 0.1) is 12.0 Å². The molecule has 0 fully saturated rings. The van der Waals surface area contributed by atoms with E-state index in [2.05, 4.69) is 10.1 Å². The molecule has 0 saturated heterocycles. The highest BCUT2D eigenvalue weighted by molar-refractivity contribution is 7.89. The van der Waals surface area contributed by atoms with E-state index < -0.39 is 22.5 Å². The highest BCUT2D eigenvalue weighted by atomic mass is 32.2. The SMILES string of the molecule is COc1cc(C(=O)Nc2ccc(S(=O)(=O)N(C)C)cc2)ccc1OC(F)F. The Labute approximate surface area is 155 Å². The summed E-state index contributed by atoms with van der Waals surface area (Å²) in [5.74, 6) is -0.738. The minimum absolute atomic E-state index is 0.0182. The van der Waals surface area contributed by atoms with Gasteiger partial charge in [0.15, 0.2) is 11.5 Å². The number of nitrogens with zero attached hydrogens (tertiary/aromatic N) is 1. The number of halogens is 2. The largest absolute Gasteiger partial charge is 0.493 e. The lowest BCUT2D eigenvalue weighted by molar-refractivity contribution is -0.0512. The Balaban J connectivity index is 2.18. The first-order chi connectivity index (χ1) is 12.6. The van der Waals surface area contributed by atoms with E-state index in [9.17, 15) is 22.0 Å². The van der Waals surface area contributed by atoms with Crippen LogP contribution < -0.4 is 14.8 Å². The highest BCUT2D eigenvalue weighted by Crippen LogP contribution is 2.29. The number of anilines is 1. The molecule has 2 aromatic carbocycles. The van der Waals surface area contributed by atoms with E-state index >= 15 is 0 Å². The van der Waals surface area contributed by atoms with Gasteiger partial charge in [0.1, 0.15) is 0 Å². The fourth-order valence-electron chi connectivity index (χ4n) is 2.13. The van der Waals surface area contributed by atoms with Crippen LogP contribution in [0.1, 0.15) is 10.4 Å². The molecule has 2 rings (SSSR count). The van der Waals surface area contributed by atoms with Crippen LogP contribution in [0, 0.1) is 0 Å². The van der Waals surface area contributed by atoms with E-state index in [4.69, 9.17) is 4.74 Å². The normalized spacial score (nSPS) is 11.5. The van der Waals surface area contributed by atoms with Crippen LogP contribution >= 0.6 is 0 Å². The third kappa shape index (κ3) is 4.92. The van der Waals surface area contributed by atoms with Crippen LogP contribution in [0.2, 0.25) is 0 Å². The van der Waals surface area contributed by atoms with Gasteiger partial charge in [-0.25, -0.2) is 12.7 Å². The van der Waals surface area contributed by atoms with Gasteiger partial charge in [-0.2, -0.15) is 8.78 Å². The van der Waals surface area contributed by atoms with Crippen LogP contribution in [0.5, 0.6) is 11.5 Å². The summed E-state index contributed by atoms with van der Waals surface area (Å²) in [5, 5.41) is 2.59. The molecule has 1 amide bonds. The first kappa shape index (κ1) is 20.6. The number of rotatable bonds is 7. The zero-order valence-electron chi connectivity index (χ0n) is 14.8. The number of sulfonamides is 1. The Morgan fingerprint density at radius 2 is 1.70 bits per heavy atom. The third-order valence-electron chi connectivity index (χ3n) is 3.53. The Bertz CT molecular complexity index is 915.